The van der Waals surface area contributed by atoms with E-state index in [1.54, 1.807) is 4.90 Å². The molecule has 1 aliphatic heterocycles. The molecule has 2 rings (SSSR count). The fraction of sp³-hybridized carbons (Fsp3) is 0.619. The van der Waals surface area contributed by atoms with Crippen LogP contribution in [0.1, 0.15) is 51.7 Å². The van der Waals surface area contributed by atoms with Crippen LogP contribution in [-0.4, -0.2) is 42.3 Å². The van der Waals surface area contributed by atoms with Crippen LogP contribution in [-0.2, 0) is 20.7 Å². The summed E-state index contributed by atoms with van der Waals surface area (Å²) < 4.78 is 10.9. The minimum atomic E-state index is -0.722. The van der Waals surface area contributed by atoms with Crippen LogP contribution < -0.4 is 0 Å². The molecule has 1 fully saturated rings. The van der Waals surface area contributed by atoms with Crippen LogP contribution in [0.5, 0.6) is 0 Å². The lowest BCUT2D eigenvalue weighted by Crippen LogP contribution is -2.52. The number of amides is 1. The molecule has 26 heavy (non-hydrogen) atoms. The third-order valence-electron chi connectivity index (χ3n) is 4.60. The molecule has 0 bridgehead atoms. The summed E-state index contributed by atoms with van der Waals surface area (Å²) in [6.07, 6.45) is 1.66. The Bertz CT molecular complexity index is 632. The molecule has 0 radical (unpaired) electrons. The van der Waals surface area contributed by atoms with Crippen molar-refractivity contribution in [2.24, 2.45) is 5.41 Å². The predicted molar refractivity (Wildman–Crippen MR) is 101 cm³/mol. The van der Waals surface area contributed by atoms with Crippen molar-refractivity contribution in [1.29, 1.82) is 0 Å². The number of hydrogen-bond donors (Lipinski definition) is 0. The summed E-state index contributed by atoms with van der Waals surface area (Å²) in [7, 11) is 0. The minimum absolute atomic E-state index is 0.228. The molecule has 5 heteroatoms. The van der Waals surface area contributed by atoms with E-state index in [9.17, 15) is 9.59 Å². The molecule has 1 aromatic carbocycles. The third-order valence-corrected chi connectivity index (χ3v) is 4.60. The van der Waals surface area contributed by atoms with Crippen LogP contribution in [0, 0.1) is 12.3 Å². The highest BCUT2D eigenvalue weighted by Gasteiger charge is 2.45. The number of benzene rings is 1. The smallest absolute Gasteiger partial charge is 0.410 e. The first-order valence-corrected chi connectivity index (χ1v) is 9.36. The van der Waals surface area contributed by atoms with E-state index in [2.05, 4.69) is 0 Å². The van der Waals surface area contributed by atoms with Crippen molar-refractivity contribution < 1.29 is 19.1 Å². The highest BCUT2D eigenvalue weighted by Crippen LogP contribution is 2.36. The number of rotatable bonds is 4. The van der Waals surface area contributed by atoms with Gasteiger partial charge in [0.25, 0.3) is 0 Å². The molecule has 0 spiro atoms. The molecule has 1 heterocycles. The van der Waals surface area contributed by atoms with Crippen LogP contribution in [0.15, 0.2) is 24.3 Å². The number of piperidine rings is 1. The number of aryl methyl sites for hydroxylation is 1. The number of carbonyl (C=O) groups excluding carboxylic acids is 2. The van der Waals surface area contributed by atoms with Crippen LogP contribution in [0.4, 0.5) is 4.79 Å². The Labute approximate surface area is 156 Å². The van der Waals surface area contributed by atoms with E-state index < -0.39 is 11.0 Å². The molecular formula is C21H31NO4. The van der Waals surface area contributed by atoms with E-state index >= 15 is 0 Å². The average Bonchev–Trinajstić information content (AvgIpc) is 2.56. The van der Waals surface area contributed by atoms with Gasteiger partial charge in [-0.2, -0.15) is 0 Å². The lowest BCUT2D eigenvalue weighted by molar-refractivity contribution is -0.158. The molecule has 144 valence electrons. The normalized spacial score (nSPS) is 20.6. The van der Waals surface area contributed by atoms with Gasteiger partial charge in [-0.15, -0.1) is 0 Å². The van der Waals surface area contributed by atoms with E-state index in [1.807, 2.05) is 58.9 Å². The molecule has 0 aliphatic carbocycles. The van der Waals surface area contributed by atoms with Gasteiger partial charge in [0.15, 0.2) is 0 Å². The maximum atomic E-state index is 12.8. The maximum Gasteiger partial charge on any atom is 0.410 e. The number of hydrogen-bond acceptors (Lipinski definition) is 4. The number of likely N-dealkylation sites (tertiary alicyclic amines) is 1. The fourth-order valence-electron chi connectivity index (χ4n) is 3.38. The summed E-state index contributed by atoms with van der Waals surface area (Å²) in [5, 5.41) is 0. The second kappa shape index (κ2) is 8.11. The lowest BCUT2D eigenvalue weighted by Gasteiger charge is -2.41. The van der Waals surface area contributed by atoms with Crippen LogP contribution in [0.25, 0.3) is 0 Å². The summed E-state index contributed by atoms with van der Waals surface area (Å²) in [6.45, 7) is 10.7. The van der Waals surface area contributed by atoms with E-state index in [1.165, 1.54) is 5.56 Å². The van der Waals surface area contributed by atoms with Crippen molar-refractivity contribution in [3.05, 3.63) is 35.4 Å². The topological polar surface area (TPSA) is 55.8 Å². The van der Waals surface area contributed by atoms with Crippen molar-refractivity contribution in [3.63, 3.8) is 0 Å². The Morgan fingerprint density at radius 1 is 1.19 bits per heavy atom. The second-order valence-corrected chi connectivity index (χ2v) is 8.17. The van der Waals surface area contributed by atoms with Gasteiger partial charge in [-0.05, 0) is 59.4 Å². The van der Waals surface area contributed by atoms with E-state index in [4.69, 9.17) is 9.47 Å². The largest absolute Gasteiger partial charge is 0.466 e. The molecule has 0 aromatic heterocycles. The Morgan fingerprint density at radius 2 is 1.85 bits per heavy atom. The number of esters is 1. The van der Waals surface area contributed by atoms with Gasteiger partial charge in [0.1, 0.15) is 5.60 Å². The van der Waals surface area contributed by atoms with E-state index in [0.29, 0.717) is 32.5 Å². The Balaban J connectivity index is 2.24. The summed E-state index contributed by atoms with van der Waals surface area (Å²) in [5.41, 5.74) is 0.978. The molecule has 1 atom stereocenters. The minimum Gasteiger partial charge on any atom is -0.466 e. The molecule has 1 aliphatic rings. The standard InChI is InChI=1S/C21H31NO4/c1-6-25-18(23)21(14-17-10-8-16(2)9-11-17)12-7-13-22(15-21)19(24)26-20(3,4)5/h8-11H,6-7,12-15H2,1-5H3. The van der Waals surface area contributed by atoms with Crippen molar-refractivity contribution in [2.45, 2.75) is 59.5 Å². The van der Waals surface area contributed by atoms with E-state index in [-0.39, 0.29) is 12.1 Å². The van der Waals surface area contributed by atoms with Crippen LogP contribution in [0.2, 0.25) is 0 Å². The van der Waals surface area contributed by atoms with Gasteiger partial charge in [-0.3, -0.25) is 4.79 Å². The molecule has 1 amide bonds. The molecule has 0 saturated carbocycles. The van der Waals surface area contributed by atoms with Crippen molar-refractivity contribution in [3.8, 4) is 0 Å². The SMILES string of the molecule is CCOC(=O)C1(Cc2ccc(C)cc2)CCCN(C(=O)OC(C)(C)C)C1. The van der Waals surface area contributed by atoms with Crippen molar-refractivity contribution in [1.82, 2.24) is 4.90 Å². The highest BCUT2D eigenvalue weighted by molar-refractivity contribution is 5.79. The molecule has 0 N–H and O–H groups in total. The van der Waals surface area contributed by atoms with Gasteiger partial charge >= 0.3 is 12.1 Å². The van der Waals surface area contributed by atoms with Crippen molar-refractivity contribution in [2.75, 3.05) is 19.7 Å². The zero-order valence-electron chi connectivity index (χ0n) is 16.6. The molecular weight excluding hydrogens is 330 g/mol. The van der Waals surface area contributed by atoms with Gasteiger partial charge in [0.2, 0.25) is 0 Å². The zero-order chi connectivity index (χ0) is 19.4. The zero-order valence-corrected chi connectivity index (χ0v) is 16.6. The quantitative estimate of drug-likeness (QED) is 0.757. The summed E-state index contributed by atoms with van der Waals surface area (Å²) in [4.78, 5) is 27.0. The Kier molecular flexibility index (Phi) is 6.32. The number of ether oxygens (including phenoxy) is 2. The lowest BCUT2D eigenvalue weighted by atomic mass is 9.75. The summed E-state index contributed by atoms with van der Waals surface area (Å²) in [5.74, 6) is -0.228. The van der Waals surface area contributed by atoms with Gasteiger partial charge in [0, 0.05) is 13.1 Å². The third kappa shape index (κ3) is 5.23. The van der Waals surface area contributed by atoms with Gasteiger partial charge in [-0.1, -0.05) is 29.8 Å². The first-order chi connectivity index (χ1) is 12.1. The molecule has 1 saturated heterocycles. The average molecular weight is 361 g/mol. The molecule has 1 unspecified atom stereocenters. The van der Waals surface area contributed by atoms with Gasteiger partial charge < -0.3 is 14.4 Å². The van der Waals surface area contributed by atoms with E-state index in [0.717, 1.165) is 12.0 Å². The Hall–Kier alpha value is -2.04. The molecule has 5 nitrogen and oxygen atoms in total. The fourth-order valence-corrected chi connectivity index (χ4v) is 3.38. The summed E-state index contributed by atoms with van der Waals surface area (Å²) in [6, 6.07) is 8.18. The highest BCUT2D eigenvalue weighted by atomic mass is 16.6. The number of nitrogens with zero attached hydrogens (tertiary/aromatic N) is 1. The monoisotopic (exact) mass is 361 g/mol. The first-order valence-electron chi connectivity index (χ1n) is 9.36. The second-order valence-electron chi connectivity index (χ2n) is 8.17. The Morgan fingerprint density at radius 3 is 2.42 bits per heavy atom. The summed E-state index contributed by atoms with van der Waals surface area (Å²) >= 11 is 0. The first kappa shape index (κ1) is 20.3. The van der Waals surface area contributed by atoms with Crippen LogP contribution >= 0.6 is 0 Å². The van der Waals surface area contributed by atoms with Crippen molar-refractivity contribution >= 4 is 12.1 Å². The number of carbonyl (C=O) groups is 2. The molecule has 1 aromatic rings. The van der Waals surface area contributed by atoms with Crippen LogP contribution in [0.3, 0.4) is 0 Å². The predicted octanol–water partition coefficient (Wildman–Crippen LogP) is 4.12. The van der Waals surface area contributed by atoms with Gasteiger partial charge in [0.05, 0.1) is 12.0 Å². The van der Waals surface area contributed by atoms with Gasteiger partial charge in [-0.25, -0.2) is 4.79 Å². The maximum absolute atomic E-state index is 12.8.